The third-order valence-electron chi connectivity index (χ3n) is 3.55. The summed E-state index contributed by atoms with van der Waals surface area (Å²) in [6.45, 7) is 0. The maximum Gasteiger partial charge on any atom is 0.252 e. The van der Waals surface area contributed by atoms with Crippen LogP contribution in [0.5, 0.6) is 5.75 Å². The Bertz CT molecular complexity index is 1010. The maximum absolute atomic E-state index is 12.1. The molecular weight excluding hydrogens is 430 g/mol. The zero-order valence-electron chi connectivity index (χ0n) is 14.4. The van der Waals surface area contributed by atoms with E-state index in [9.17, 15) is 9.59 Å². The van der Waals surface area contributed by atoms with Crippen molar-refractivity contribution in [2.45, 2.75) is 5.16 Å². The van der Waals surface area contributed by atoms with Crippen molar-refractivity contribution in [3.63, 3.8) is 0 Å². The van der Waals surface area contributed by atoms with Crippen LogP contribution in [0.4, 0.5) is 5.69 Å². The molecule has 0 bridgehead atoms. The number of carbonyl (C=O) groups is 1. The smallest absolute Gasteiger partial charge is 0.252 e. The van der Waals surface area contributed by atoms with Gasteiger partial charge in [-0.1, -0.05) is 33.8 Å². The van der Waals surface area contributed by atoms with Crippen molar-refractivity contribution in [2.24, 2.45) is 0 Å². The number of hydrogen-bond donors (Lipinski definition) is 2. The number of aromatic nitrogens is 2. The number of nitrogens with one attached hydrogen (secondary N) is 2. The molecular formula is C19H16BrN3O3S. The lowest BCUT2D eigenvalue weighted by Gasteiger charge is -2.07. The number of carbonyl (C=O) groups excluding carboxylic acids is 1. The normalized spacial score (nSPS) is 10.4. The number of nitrogens with zero attached hydrogens (tertiary/aromatic N) is 1. The van der Waals surface area contributed by atoms with Gasteiger partial charge in [0.25, 0.3) is 5.56 Å². The van der Waals surface area contributed by atoms with Gasteiger partial charge in [0.05, 0.1) is 18.6 Å². The number of halogens is 1. The van der Waals surface area contributed by atoms with E-state index in [2.05, 4.69) is 31.2 Å². The molecule has 0 saturated heterocycles. The van der Waals surface area contributed by atoms with E-state index >= 15 is 0 Å². The predicted octanol–water partition coefficient (Wildman–Crippen LogP) is 3.94. The molecule has 6 nitrogen and oxygen atoms in total. The summed E-state index contributed by atoms with van der Waals surface area (Å²) >= 11 is 4.53. The van der Waals surface area contributed by atoms with Crippen LogP contribution < -0.4 is 15.6 Å². The van der Waals surface area contributed by atoms with Gasteiger partial charge in [-0.25, -0.2) is 4.98 Å². The van der Waals surface area contributed by atoms with E-state index in [1.807, 2.05) is 30.3 Å². The van der Waals surface area contributed by atoms with Crippen LogP contribution >= 0.6 is 27.7 Å². The SMILES string of the molecule is COc1ccc(-c2cc(=O)[nH]c(SCC(=O)Nc3cccc(Br)c3)n2)cc1. The molecule has 0 fully saturated rings. The molecule has 3 rings (SSSR count). The Kier molecular flexibility index (Phi) is 6.31. The average Bonchev–Trinajstić information content (AvgIpc) is 2.66. The predicted molar refractivity (Wildman–Crippen MR) is 110 cm³/mol. The molecule has 2 N–H and O–H groups in total. The van der Waals surface area contributed by atoms with Crippen LogP contribution in [0.2, 0.25) is 0 Å². The highest BCUT2D eigenvalue weighted by Gasteiger charge is 2.08. The first kappa shape index (κ1) is 19.2. The summed E-state index contributed by atoms with van der Waals surface area (Å²) in [6, 6.07) is 16.0. The molecule has 0 aliphatic rings. The van der Waals surface area contributed by atoms with Crippen LogP contribution in [0, 0.1) is 0 Å². The first-order chi connectivity index (χ1) is 13.0. The summed E-state index contributed by atoms with van der Waals surface area (Å²) in [6.07, 6.45) is 0. The molecule has 0 aliphatic heterocycles. The van der Waals surface area contributed by atoms with Crippen LogP contribution in [0.1, 0.15) is 0 Å². The van der Waals surface area contributed by atoms with Gasteiger partial charge in [0.1, 0.15) is 5.75 Å². The lowest BCUT2D eigenvalue weighted by atomic mass is 10.1. The Balaban J connectivity index is 1.68. The van der Waals surface area contributed by atoms with Gasteiger partial charge >= 0.3 is 0 Å². The van der Waals surface area contributed by atoms with E-state index in [1.165, 1.54) is 17.8 Å². The van der Waals surface area contributed by atoms with Crippen LogP contribution in [0.3, 0.4) is 0 Å². The highest BCUT2D eigenvalue weighted by atomic mass is 79.9. The van der Waals surface area contributed by atoms with Gasteiger partial charge in [0.15, 0.2) is 5.16 Å². The van der Waals surface area contributed by atoms with E-state index in [-0.39, 0.29) is 17.2 Å². The number of anilines is 1. The number of benzene rings is 2. The summed E-state index contributed by atoms with van der Waals surface area (Å²) in [5, 5.41) is 3.19. The van der Waals surface area contributed by atoms with Crippen molar-refractivity contribution in [3.05, 3.63) is 69.4 Å². The molecule has 0 radical (unpaired) electrons. The fourth-order valence-electron chi connectivity index (χ4n) is 2.31. The monoisotopic (exact) mass is 445 g/mol. The van der Waals surface area contributed by atoms with Crippen molar-refractivity contribution >= 4 is 39.3 Å². The van der Waals surface area contributed by atoms with Gasteiger partial charge in [-0.05, 0) is 42.5 Å². The molecule has 0 unspecified atom stereocenters. The second kappa shape index (κ2) is 8.88. The van der Waals surface area contributed by atoms with Crippen molar-refractivity contribution in [1.29, 1.82) is 0 Å². The minimum Gasteiger partial charge on any atom is -0.497 e. The Morgan fingerprint density at radius 3 is 2.70 bits per heavy atom. The van der Waals surface area contributed by atoms with Gasteiger partial charge in [0, 0.05) is 21.8 Å². The van der Waals surface area contributed by atoms with Crippen molar-refractivity contribution in [3.8, 4) is 17.0 Å². The number of methoxy groups -OCH3 is 1. The van der Waals surface area contributed by atoms with Crippen LogP contribution in [-0.2, 0) is 4.79 Å². The maximum atomic E-state index is 12.1. The molecule has 3 aromatic rings. The molecule has 27 heavy (non-hydrogen) atoms. The molecule has 0 spiro atoms. The van der Waals surface area contributed by atoms with E-state index in [4.69, 9.17) is 4.74 Å². The number of H-pyrrole nitrogens is 1. The van der Waals surface area contributed by atoms with Crippen molar-refractivity contribution in [1.82, 2.24) is 9.97 Å². The zero-order valence-corrected chi connectivity index (χ0v) is 16.8. The summed E-state index contributed by atoms with van der Waals surface area (Å²) in [5.74, 6) is 0.666. The van der Waals surface area contributed by atoms with Gasteiger partial charge < -0.3 is 15.0 Å². The Morgan fingerprint density at radius 2 is 2.00 bits per heavy atom. The zero-order chi connectivity index (χ0) is 19.2. The topological polar surface area (TPSA) is 84.1 Å². The lowest BCUT2D eigenvalue weighted by Crippen LogP contribution is -2.15. The molecule has 2 aromatic carbocycles. The quantitative estimate of drug-likeness (QED) is 0.443. The largest absolute Gasteiger partial charge is 0.497 e. The molecule has 138 valence electrons. The molecule has 0 aliphatic carbocycles. The molecule has 1 aromatic heterocycles. The van der Waals surface area contributed by atoms with Crippen LogP contribution in [-0.4, -0.2) is 28.7 Å². The number of aromatic amines is 1. The van der Waals surface area contributed by atoms with Gasteiger partial charge in [-0.3, -0.25) is 9.59 Å². The summed E-state index contributed by atoms with van der Waals surface area (Å²) in [7, 11) is 1.59. The molecule has 8 heteroatoms. The molecule has 0 saturated carbocycles. The van der Waals surface area contributed by atoms with Gasteiger partial charge in [0.2, 0.25) is 5.91 Å². The Labute approximate surface area is 168 Å². The highest BCUT2D eigenvalue weighted by Crippen LogP contribution is 2.22. The third-order valence-corrected chi connectivity index (χ3v) is 4.92. The lowest BCUT2D eigenvalue weighted by molar-refractivity contribution is -0.113. The van der Waals surface area contributed by atoms with Crippen molar-refractivity contribution < 1.29 is 9.53 Å². The van der Waals surface area contributed by atoms with Crippen LogP contribution in [0.25, 0.3) is 11.3 Å². The minimum absolute atomic E-state index is 0.127. The van der Waals surface area contributed by atoms with E-state index in [0.29, 0.717) is 16.5 Å². The summed E-state index contributed by atoms with van der Waals surface area (Å²) < 4.78 is 6.01. The number of ether oxygens (including phenoxy) is 1. The third kappa shape index (κ3) is 5.45. The van der Waals surface area contributed by atoms with Crippen molar-refractivity contribution in [2.75, 3.05) is 18.2 Å². The molecule has 1 amide bonds. The first-order valence-electron chi connectivity index (χ1n) is 7.97. The van der Waals surface area contributed by atoms with Crippen LogP contribution in [0.15, 0.2) is 69.0 Å². The number of hydrogen-bond acceptors (Lipinski definition) is 5. The second-order valence-corrected chi connectivity index (χ2v) is 7.39. The summed E-state index contributed by atoms with van der Waals surface area (Å²) in [5.41, 5.74) is 1.76. The number of amides is 1. The van der Waals surface area contributed by atoms with E-state index in [0.717, 1.165) is 15.8 Å². The van der Waals surface area contributed by atoms with Gasteiger partial charge in [-0.15, -0.1) is 0 Å². The van der Waals surface area contributed by atoms with E-state index in [1.54, 1.807) is 25.3 Å². The fourth-order valence-corrected chi connectivity index (χ4v) is 3.39. The molecule has 0 atom stereocenters. The Morgan fingerprint density at radius 1 is 1.22 bits per heavy atom. The highest BCUT2D eigenvalue weighted by molar-refractivity contribution is 9.10. The number of rotatable bonds is 6. The van der Waals surface area contributed by atoms with Gasteiger partial charge in [-0.2, -0.15) is 0 Å². The average molecular weight is 446 g/mol. The Hall–Kier alpha value is -2.58. The first-order valence-corrected chi connectivity index (χ1v) is 9.75. The number of thioether (sulfide) groups is 1. The second-order valence-electron chi connectivity index (χ2n) is 5.51. The molecule has 1 heterocycles. The minimum atomic E-state index is -0.272. The van der Waals surface area contributed by atoms with E-state index < -0.39 is 0 Å². The fraction of sp³-hybridized carbons (Fsp3) is 0.105. The summed E-state index contributed by atoms with van der Waals surface area (Å²) in [4.78, 5) is 31.2. The standard InChI is InChI=1S/C19H16BrN3O3S/c1-26-15-7-5-12(6-8-15)16-10-17(24)23-19(22-16)27-11-18(25)21-14-4-2-3-13(20)9-14/h2-10H,11H2,1H3,(H,21,25)(H,22,23,24).